The lowest BCUT2D eigenvalue weighted by atomic mass is 10.2. The number of thiophene rings is 1. The molecule has 0 fully saturated rings. The number of anilines is 1. The van der Waals surface area contributed by atoms with Gasteiger partial charge < -0.3 is 10.1 Å². The Morgan fingerprint density at radius 2 is 1.90 bits per heavy atom. The molecule has 1 N–H and O–H groups in total. The van der Waals surface area contributed by atoms with Crippen molar-refractivity contribution in [3.63, 3.8) is 0 Å². The molecule has 4 rings (SSSR count). The van der Waals surface area contributed by atoms with Crippen LogP contribution in [0.2, 0.25) is 0 Å². The summed E-state index contributed by atoms with van der Waals surface area (Å²) < 4.78 is 5.44. The number of fused-ring (bicyclic) bond motifs is 1. The van der Waals surface area contributed by atoms with E-state index in [1.807, 2.05) is 56.3 Å². The molecule has 2 aromatic carbocycles. The second-order valence-electron chi connectivity index (χ2n) is 6.58. The summed E-state index contributed by atoms with van der Waals surface area (Å²) >= 11 is 3.07. The van der Waals surface area contributed by atoms with E-state index in [-0.39, 0.29) is 11.2 Å². The summed E-state index contributed by atoms with van der Waals surface area (Å²) in [6.45, 7) is 4.43. The van der Waals surface area contributed by atoms with Gasteiger partial charge in [-0.1, -0.05) is 42.1 Å². The summed E-state index contributed by atoms with van der Waals surface area (Å²) in [5.41, 5.74) is 1.89. The molecule has 30 heavy (non-hydrogen) atoms. The van der Waals surface area contributed by atoms with Gasteiger partial charge in [-0.3, -0.25) is 4.79 Å². The first-order valence-electron chi connectivity index (χ1n) is 9.64. The largest absolute Gasteiger partial charge is 0.494 e. The number of amides is 1. The minimum absolute atomic E-state index is 0.0746. The molecule has 0 spiro atoms. The Morgan fingerprint density at radius 1 is 1.13 bits per heavy atom. The number of rotatable bonds is 7. The number of carbonyl (C=O) groups is 1. The summed E-state index contributed by atoms with van der Waals surface area (Å²) in [6.07, 6.45) is 1.56. The van der Waals surface area contributed by atoms with E-state index in [1.165, 1.54) is 11.8 Å². The molecule has 0 bridgehead atoms. The second kappa shape index (κ2) is 9.28. The highest BCUT2D eigenvalue weighted by molar-refractivity contribution is 8.00. The van der Waals surface area contributed by atoms with Gasteiger partial charge in [-0.15, -0.1) is 11.3 Å². The first kappa shape index (κ1) is 20.4. The highest BCUT2D eigenvalue weighted by atomic mass is 32.2. The minimum Gasteiger partial charge on any atom is -0.494 e. The average Bonchev–Trinajstić information content (AvgIpc) is 3.21. The van der Waals surface area contributed by atoms with Crippen LogP contribution in [0.4, 0.5) is 5.69 Å². The number of thioether (sulfide) groups is 1. The summed E-state index contributed by atoms with van der Waals surface area (Å²) in [4.78, 5) is 23.6. The Kier molecular flexibility index (Phi) is 6.30. The van der Waals surface area contributed by atoms with Crippen LogP contribution < -0.4 is 10.1 Å². The second-order valence-corrected chi connectivity index (χ2v) is 8.94. The molecule has 0 saturated heterocycles. The molecule has 1 atom stereocenters. The smallest absolute Gasteiger partial charge is 0.237 e. The van der Waals surface area contributed by atoms with Gasteiger partial charge in [0, 0.05) is 16.0 Å². The highest BCUT2D eigenvalue weighted by Gasteiger charge is 2.18. The van der Waals surface area contributed by atoms with Gasteiger partial charge >= 0.3 is 0 Å². The molecule has 0 aliphatic heterocycles. The predicted molar refractivity (Wildman–Crippen MR) is 124 cm³/mol. The summed E-state index contributed by atoms with van der Waals surface area (Å²) in [5.74, 6) is 0.711. The molecular formula is C23H21N3O2S2. The van der Waals surface area contributed by atoms with E-state index in [4.69, 9.17) is 4.74 Å². The Morgan fingerprint density at radius 3 is 2.63 bits per heavy atom. The standard InChI is InChI=1S/C23H21N3O2S2/c1-3-28-18-11-9-17(10-12-18)26-21(27)15(2)29-22-19-13-20(16-7-5-4-6-8-16)30-23(19)25-14-24-22/h4-15H,3H2,1-2H3,(H,26,27). The Bertz CT molecular complexity index is 1140. The van der Waals surface area contributed by atoms with Crippen LogP contribution in [-0.4, -0.2) is 27.7 Å². The van der Waals surface area contributed by atoms with E-state index < -0.39 is 0 Å². The van der Waals surface area contributed by atoms with Gasteiger partial charge in [0.1, 0.15) is 21.9 Å². The van der Waals surface area contributed by atoms with E-state index in [1.54, 1.807) is 17.7 Å². The SMILES string of the molecule is CCOc1ccc(NC(=O)C(C)Sc2ncnc3sc(-c4ccccc4)cc23)cc1. The molecule has 0 aliphatic rings. The van der Waals surface area contributed by atoms with Crippen LogP contribution in [0.5, 0.6) is 5.75 Å². The number of aromatic nitrogens is 2. The number of nitrogens with zero attached hydrogens (tertiary/aromatic N) is 2. The number of ether oxygens (including phenoxy) is 1. The van der Waals surface area contributed by atoms with Gasteiger partial charge in [-0.25, -0.2) is 9.97 Å². The van der Waals surface area contributed by atoms with Crippen molar-refractivity contribution in [2.24, 2.45) is 0 Å². The highest BCUT2D eigenvalue weighted by Crippen LogP contribution is 2.37. The van der Waals surface area contributed by atoms with Crippen molar-refractivity contribution in [2.75, 3.05) is 11.9 Å². The van der Waals surface area contributed by atoms with Crippen molar-refractivity contribution < 1.29 is 9.53 Å². The molecule has 2 aromatic heterocycles. The van der Waals surface area contributed by atoms with Crippen LogP contribution in [0.15, 0.2) is 72.0 Å². The molecule has 0 aliphatic carbocycles. The fourth-order valence-electron chi connectivity index (χ4n) is 2.94. The van der Waals surface area contributed by atoms with Crippen LogP contribution >= 0.6 is 23.1 Å². The molecule has 1 amide bonds. The number of carbonyl (C=O) groups excluding carboxylic acids is 1. The number of hydrogen-bond acceptors (Lipinski definition) is 6. The van der Waals surface area contributed by atoms with Crippen molar-refractivity contribution >= 4 is 44.9 Å². The fourth-order valence-corrected chi connectivity index (χ4v) is 4.90. The van der Waals surface area contributed by atoms with E-state index in [9.17, 15) is 4.79 Å². The molecule has 152 valence electrons. The molecule has 0 radical (unpaired) electrons. The maximum Gasteiger partial charge on any atom is 0.237 e. The molecule has 5 nitrogen and oxygen atoms in total. The number of benzene rings is 2. The van der Waals surface area contributed by atoms with Gasteiger partial charge in [0.25, 0.3) is 0 Å². The molecule has 7 heteroatoms. The zero-order valence-electron chi connectivity index (χ0n) is 16.7. The lowest BCUT2D eigenvalue weighted by molar-refractivity contribution is -0.115. The molecule has 1 unspecified atom stereocenters. The Labute approximate surface area is 183 Å². The van der Waals surface area contributed by atoms with E-state index in [0.717, 1.165) is 37.1 Å². The van der Waals surface area contributed by atoms with Gasteiger partial charge in [0.05, 0.1) is 11.9 Å². The average molecular weight is 436 g/mol. The normalized spacial score (nSPS) is 11.9. The Balaban J connectivity index is 1.49. The Hall–Kier alpha value is -2.90. The van der Waals surface area contributed by atoms with Crippen LogP contribution in [0, 0.1) is 0 Å². The number of nitrogens with one attached hydrogen (secondary N) is 1. The maximum atomic E-state index is 12.7. The van der Waals surface area contributed by atoms with Crippen LogP contribution in [0.25, 0.3) is 20.7 Å². The summed E-state index contributed by atoms with van der Waals surface area (Å²) in [6, 6.07) is 19.7. The lowest BCUT2D eigenvalue weighted by Gasteiger charge is -2.12. The van der Waals surface area contributed by atoms with Crippen molar-refractivity contribution in [3.8, 4) is 16.2 Å². The van der Waals surface area contributed by atoms with Crippen LogP contribution in [-0.2, 0) is 4.79 Å². The lowest BCUT2D eigenvalue weighted by Crippen LogP contribution is -2.22. The zero-order valence-corrected chi connectivity index (χ0v) is 18.3. The van der Waals surface area contributed by atoms with Crippen molar-refractivity contribution in [1.29, 1.82) is 0 Å². The minimum atomic E-state index is -0.310. The van der Waals surface area contributed by atoms with Crippen LogP contribution in [0.3, 0.4) is 0 Å². The quantitative estimate of drug-likeness (QED) is 0.290. The van der Waals surface area contributed by atoms with E-state index in [0.29, 0.717) is 6.61 Å². The molecular weight excluding hydrogens is 414 g/mol. The van der Waals surface area contributed by atoms with Gasteiger partial charge in [-0.05, 0) is 49.7 Å². The van der Waals surface area contributed by atoms with Gasteiger partial charge in [-0.2, -0.15) is 0 Å². The van der Waals surface area contributed by atoms with Crippen molar-refractivity contribution in [3.05, 3.63) is 67.0 Å². The summed E-state index contributed by atoms with van der Waals surface area (Å²) in [5, 5.41) is 4.44. The first-order chi connectivity index (χ1) is 14.6. The molecule has 2 heterocycles. The molecule has 0 saturated carbocycles. The summed E-state index contributed by atoms with van der Waals surface area (Å²) in [7, 11) is 0. The number of hydrogen-bond donors (Lipinski definition) is 1. The van der Waals surface area contributed by atoms with Gasteiger partial charge in [0.2, 0.25) is 5.91 Å². The zero-order chi connectivity index (χ0) is 20.9. The third-order valence-corrected chi connectivity index (χ3v) is 6.65. The van der Waals surface area contributed by atoms with Crippen LogP contribution in [0.1, 0.15) is 13.8 Å². The monoisotopic (exact) mass is 435 g/mol. The first-order valence-corrected chi connectivity index (χ1v) is 11.3. The predicted octanol–water partition coefficient (Wildman–Crippen LogP) is 5.88. The topological polar surface area (TPSA) is 64.1 Å². The van der Waals surface area contributed by atoms with Crippen molar-refractivity contribution in [1.82, 2.24) is 9.97 Å². The van der Waals surface area contributed by atoms with E-state index in [2.05, 4.69) is 33.5 Å². The van der Waals surface area contributed by atoms with E-state index >= 15 is 0 Å². The third-order valence-electron chi connectivity index (χ3n) is 4.44. The molecule has 4 aromatic rings. The maximum absolute atomic E-state index is 12.7. The third kappa shape index (κ3) is 4.63. The van der Waals surface area contributed by atoms with Gasteiger partial charge in [0.15, 0.2) is 0 Å². The van der Waals surface area contributed by atoms with Crippen molar-refractivity contribution in [2.45, 2.75) is 24.1 Å². The fraction of sp³-hybridized carbons (Fsp3) is 0.174.